The Morgan fingerprint density at radius 2 is 1.72 bits per heavy atom. The van der Waals surface area contributed by atoms with E-state index in [1.165, 1.54) is 0 Å². The van der Waals surface area contributed by atoms with Gasteiger partial charge < -0.3 is 43.7 Å². The number of esters is 2. The molecule has 0 saturated carbocycles. The number of anilines is 1. The quantitative estimate of drug-likeness (QED) is 0.105. The van der Waals surface area contributed by atoms with Crippen molar-refractivity contribution >= 4 is 31.3 Å². The Morgan fingerprint density at radius 3 is 2.30 bits per heavy atom. The van der Waals surface area contributed by atoms with Gasteiger partial charge in [0.2, 0.25) is 12.4 Å². The van der Waals surface area contributed by atoms with Crippen LogP contribution in [0.3, 0.4) is 0 Å². The number of hydrogen-bond donors (Lipinski definition) is 3. The zero-order valence-electron chi connectivity index (χ0n) is 25.3. The zero-order valence-corrected chi connectivity index (χ0v) is 26.2. The number of unbranched alkanes of at least 4 members (excludes halogenated alkanes) is 2. The number of carbonyl (C=O) groups excluding carboxylic acids is 3. The van der Waals surface area contributed by atoms with Crippen molar-refractivity contribution < 1.29 is 52.1 Å². The predicted octanol–water partition coefficient (Wildman–Crippen LogP) is 3.90. The maximum absolute atomic E-state index is 13.0. The number of amides is 2. The molecule has 1 aromatic carbocycles. The molecule has 2 rings (SSSR count). The second-order valence-corrected chi connectivity index (χ2v) is 12.0. The summed E-state index contributed by atoms with van der Waals surface area (Å²) in [7, 11) is -3.49. The standard InChI is InChI=1S/C29H43N2O11P/c1-7-10-11-12-16-30-29(35)31-22-13-14-23(19(4)18-22)41-28-27(40-21(6)33)26(39-20(5)32)25(34)24(42-28)15-17-43(36,37-8-2)38-9-3/h1,13-14,18,24-28,34H,8-12,15-17H2,2-6H3,(H2,30,31,35)/t24-,25-,26+,27+,28+/m1/s1. The lowest BCUT2D eigenvalue weighted by Crippen LogP contribution is -2.61. The van der Waals surface area contributed by atoms with Crippen molar-refractivity contribution in [3.05, 3.63) is 23.8 Å². The average Bonchev–Trinajstić information content (AvgIpc) is 2.92. The summed E-state index contributed by atoms with van der Waals surface area (Å²) in [5.74, 6) is 1.42. The largest absolute Gasteiger partial charge is 0.460 e. The third-order valence-corrected chi connectivity index (χ3v) is 8.38. The van der Waals surface area contributed by atoms with E-state index in [4.69, 9.17) is 34.4 Å². The number of aliphatic hydroxyl groups is 1. The van der Waals surface area contributed by atoms with Crippen molar-refractivity contribution in [3.63, 3.8) is 0 Å². The first-order chi connectivity index (χ1) is 20.4. The van der Waals surface area contributed by atoms with Gasteiger partial charge in [-0.25, -0.2) is 4.79 Å². The molecule has 0 spiro atoms. The van der Waals surface area contributed by atoms with Gasteiger partial charge in [0, 0.05) is 32.5 Å². The lowest BCUT2D eigenvalue weighted by Gasteiger charge is -2.43. The molecule has 1 aromatic rings. The van der Waals surface area contributed by atoms with Gasteiger partial charge in [0.1, 0.15) is 11.9 Å². The second-order valence-electron chi connectivity index (χ2n) is 9.78. The van der Waals surface area contributed by atoms with Crippen LogP contribution in [0.5, 0.6) is 5.75 Å². The summed E-state index contributed by atoms with van der Waals surface area (Å²) in [5, 5.41) is 16.6. The van der Waals surface area contributed by atoms with E-state index in [1.54, 1.807) is 39.0 Å². The molecule has 1 aliphatic rings. The second kappa shape index (κ2) is 17.9. The summed E-state index contributed by atoms with van der Waals surface area (Å²) < 4.78 is 46.6. The molecule has 1 aliphatic heterocycles. The van der Waals surface area contributed by atoms with Crippen molar-refractivity contribution in [1.29, 1.82) is 0 Å². The highest BCUT2D eigenvalue weighted by Crippen LogP contribution is 2.49. The van der Waals surface area contributed by atoms with E-state index in [0.717, 1.165) is 26.7 Å². The van der Waals surface area contributed by atoms with E-state index in [9.17, 15) is 24.1 Å². The Hall–Kier alpha value is -3.14. The fourth-order valence-corrected chi connectivity index (χ4v) is 6.12. The van der Waals surface area contributed by atoms with Crippen molar-refractivity contribution in [2.24, 2.45) is 0 Å². The van der Waals surface area contributed by atoms with Gasteiger partial charge in [-0.15, -0.1) is 12.3 Å². The van der Waals surface area contributed by atoms with Crippen LogP contribution in [0.1, 0.15) is 58.9 Å². The Bertz CT molecular complexity index is 1160. The number of carbonyl (C=O) groups is 3. The number of aliphatic hydroxyl groups excluding tert-OH is 1. The van der Waals surface area contributed by atoms with Crippen LogP contribution in [0.15, 0.2) is 18.2 Å². The van der Waals surface area contributed by atoms with E-state index in [1.807, 2.05) is 0 Å². The van der Waals surface area contributed by atoms with Gasteiger partial charge in [-0.2, -0.15) is 0 Å². The molecule has 0 unspecified atom stereocenters. The topological polar surface area (TPSA) is 168 Å². The van der Waals surface area contributed by atoms with Gasteiger partial charge in [0.05, 0.1) is 25.5 Å². The summed E-state index contributed by atoms with van der Waals surface area (Å²) in [6, 6.07) is 4.50. The highest BCUT2D eigenvalue weighted by molar-refractivity contribution is 7.53. The Morgan fingerprint density at radius 1 is 1.07 bits per heavy atom. The number of aryl methyl sites for hydroxylation is 1. The van der Waals surface area contributed by atoms with Crippen LogP contribution >= 0.6 is 7.60 Å². The molecule has 43 heavy (non-hydrogen) atoms. The number of ether oxygens (including phenoxy) is 4. The smallest absolute Gasteiger partial charge is 0.330 e. The molecule has 240 valence electrons. The molecular formula is C29H43N2O11P. The van der Waals surface area contributed by atoms with Crippen LogP contribution in [0, 0.1) is 19.3 Å². The monoisotopic (exact) mass is 626 g/mol. The van der Waals surface area contributed by atoms with Crippen molar-refractivity contribution in [2.45, 2.75) is 91.0 Å². The minimum Gasteiger partial charge on any atom is -0.460 e. The highest BCUT2D eigenvalue weighted by Gasteiger charge is 2.51. The van der Waals surface area contributed by atoms with Gasteiger partial charge in [-0.1, -0.05) is 0 Å². The van der Waals surface area contributed by atoms with Crippen LogP contribution in [0.25, 0.3) is 0 Å². The first kappa shape index (κ1) is 36.1. The van der Waals surface area contributed by atoms with Crippen LogP contribution < -0.4 is 15.4 Å². The average molecular weight is 627 g/mol. The van der Waals surface area contributed by atoms with Crippen molar-refractivity contribution in [3.8, 4) is 18.1 Å². The normalized spacial score (nSPS) is 21.7. The minimum absolute atomic E-state index is 0.0114. The number of nitrogens with one attached hydrogen (secondary N) is 2. The van der Waals surface area contributed by atoms with Crippen LogP contribution in [0.4, 0.5) is 10.5 Å². The number of hydrogen-bond acceptors (Lipinski definition) is 11. The van der Waals surface area contributed by atoms with E-state index in [-0.39, 0.29) is 31.8 Å². The third kappa shape index (κ3) is 11.8. The minimum atomic E-state index is -3.49. The molecular weight excluding hydrogens is 583 g/mol. The Balaban J connectivity index is 2.25. The molecule has 1 heterocycles. The molecule has 0 bridgehead atoms. The molecule has 1 saturated heterocycles. The molecule has 2 amide bonds. The zero-order chi connectivity index (χ0) is 32.0. The van der Waals surface area contributed by atoms with E-state index in [0.29, 0.717) is 30.0 Å². The third-order valence-electron chi connectivity index (χ3n) is 6.27. The maximum Gasteiger partial charge on any atom is 0.330 e. The van der Waals surface area contributed by atoms with Gasteiger partial charge in [0.25, 0.3) is 0 Å². The van der Waals surface area contributed by atoms with Crippen LogP contribution in [-0.4, -0.2) is 79.7 Å². The molecule has 13 nitrogen and oxygen atoms in total. The van der Waals surface area contributed by atoms with E-state index >= 15 is 0 Å². The molecule has 14 heteroatoms. The van der Waals surface area contributed by atoms with E-state index in [2.05, 4.69) is 16.6 Å². The first-order valence-corrected chi connectivity index (χ1v) is 16.0. The van der Waals surface area contributed by atoms with Gasteiger partial charge in [-0.05, 0) is 63.8 Å². The predicted molar refractivity (Wildman–Crippen MR) is 158 cm³/mol. The van der Waals surface area contributed by atoms with Crippen LogP contribution in [-0.2, 0) is 37.4 Å². The summed E-state index contributed by atoms with van der Waals surface area (Å²) in [5.41, 5.74) is 1.10. The van der Waals surface area contributed by atoms with Gasteiger partial charge >= 0.3 is 25.6 Å². The van der Waals surface area contributed by atoms with E-state index < -0.39 is 50.2 Å². The van der Waals surface area contributed by atoms with Crippen LogP contribution in [0.2, 0.25) is 0 Å². The molecule has 5 atom stereocenters. The van der Waals surface area contributed by atoms with Crippen molar-refractivity contribution in [1.82, 2.24) is 5.32 Å². The fraction of sp³-hybridized carbons (Fsp3) is 0.621. The maximum atomic E-state index is 13.0. The molecule has 0 aromatic heterocycles. The Labute approximate surface area is 252 Å². The number of terminal acetylenes is 1. The molecule has 1 fully saturated rings. The molecule has 0 radical (unpaired) electrons. The lowest BCUT2D eigenvalue weighted by molar-refractivity contribution is -0.280. The number of urea groups is 1. The highest BCUT2D eigenvalue weighted by atomic mass is 31.2. The van der Waals surface area contributed by atoms with Gasteiger partial charge in [-0.3, -0.25) is 14.2 Å². The summed E-state index contributed by atoms with van der Waals surface area (Å²) in [4.78, 5) is 36.2. The first-order valence-electron chi connectivity index (χ1n) is 14.2. The molecule has 0 aliphatic carbocycles. The molecule has 3 N–H and O–H groups in total. The summed E-state index contributed by atoms with van der Waals surface area (Å²) in [6.07, 6.45) is 0.815. The SMILES string of the molecule is C#CCCCCNC(=O)Nc1ccc(O[C@H]2O[C@H](CCP(=O)(OCC)OCC)[C@@H](O)[C@H](OC(C)=O)[C@@H]2OC(C)=O)c(C)c1. The lowest BCUT2D eigenvalue weighted by atomic mass is 9.96. The van der Waals surface area contributed by atoms with Gasteiger partial charge in [0.15, 0.2) is 6.10 Å². The number of rotatable bonds is 16. The summed E-state index contributed by atoms with van der Waals surface area (Å²) in [6.45, 7) is 8.19. The Kier molecular flexibility index (Phi) is 15.0. The number of benzene rings is 1. The van der Waals surface area contributed by atoms with Crippen molar-refractivity contribution in [2.75, 3.05) is 31.2 Å². The summed E-state index contributed by atoms with van der Waals surface area (Å²) >= 11 is 0. The fourth-order valence-electron chi connectivity index (χ4n) is 4.43.